The first-order chi connectivity index (χ1) is 9.81. The molecule has 1 aromatic carbocycles. The summed E-state index contributed by atoms with van der Waals surface area (Å²) in [6.07, 6.45) is 5.51. The molecule has 0 aliphatic rings. The molecule has 0 unspecified atom stereocenters. The maximum atomic E-state index is 4.38. The van der Waals surface area contributed by atoms with Crippen molar-refractivity contribution < 1.29 is 0 Å². The summed E-state index contributed by atoms with van der Waals surface area (Å²) >= 11 is 1.69. The van der Waals surface area contributed by atoms with Gasteiger partial charge in [0.05, 0.1) is 29.6 Å². The van der Waals surface area contributed by atoms with E-state index >= 15 is 0 Å². The van der Waals surface area contributed by atoms with Gasteiger partial charge in [-0.1, -0.05) is 30.3 Å². The summed E-state index contributed by atoms with van der Waals surface area (Å²) in [5.41, 5.74) is 1.94. The molecule has 0 radical (unpaired) electrons. The van der Waals surface area contributed by atoms with Crippen LogP contribution in [-0.2, 0) is 6.54 Å². The second kappa shape index (κ2) is 5.79. The molecule has 20 heavy (non-hydrogen) atoms. The van der Waals surface area contributed by atoms with Crippen molar-refractivity contribution in [3.63, 3.8) is 0 Å². The Hall–Kier alpha value is -2.27. The number of aryl methyl sites for hydroxylation is 1. The lowest BCUT2D eigenvalue weighted by Crippen LogP contribution is -1.99. The van der Waals surface area contributed by atoms with Gasteiger partial charge in [0.15, 0.2) is 5.82 Å². The van der Waals surface area contributed by atoms with E-state index in [1.807, 2.05) is 55.8 Å². The predicted molar refractivity (Wildman–Crippen MR) is 81.6 cm³/mol. The third-order valence-electron chi connectivity index (χ3n) is 2.82. The van der Waals surface area contributed by atoms with E-state index in [2.05, 4.69) is 20.3 Å². The molecular weight excluding hydrogens is 268 g/mol. The molecule has 3 rings (SSSR count). The maximum Gasteiger partial charge on any atom is 0.159 e. The van der Waals surface area contributed by atoms with Crippen molar-refractivity contribution in [3.8, 4) is 11.4 Å². The normalized spacial score (nSPS) is 10.4. The van der Waals surface area contributed by atoms with Crippen LogP contribution in [0.4, 0.5) is 5.69 Å². The molecule has 3 aromatic rings. The third kappa shape index (κ3) is 3.00. The van der Waals surface area contributed by atoms with Crippen molar-refractivity contribution in [1.82, 2.24) is 15.0 Å². The fraction of sp³-hybridized carbons (Fsp3) is 0.133. The number of anilines is 1. The van der Waals surface area contributed by atoms with E-state index in [9.17, 15) is 0 Å². The van der Waals surface area contributed by atoms with Crippen LogP contribution in [0.2, 0.25) is 0 Å². The quantitative estimate of drug-likeness (QED) is 0.795. The molecule has 0 amide bonds. The molecule has 100 valence electrons. The molecule has 0 bridgehead atoms. The van der Waals surface area contributed by atoms with Crippen LogP contribution >= 0.6 is 11.3 Å². The lowest BCUT2D eigenvalue weighted by Gasteiger charge is -2.04. The minimum absolute atomic E-state index is 0.741. The minimum Gasteiger partial charge on any atom is -0.378 e. The molecule has 0 saturated carbocycles. The summed E-state index contributed by atoms with van der Waals surface area (Å²) in [7, 11) is 0. The van der Waals surface area contributed by atoms with Crippen LogP contribution in [0.1, 0.15) is 9.88 Å². The lowest BCUT2D eigenvalue weighted by atomic mass is 10.2. The number of benzene rings is 1. The monoisotopic (exact) mass is 282 g/mol. The van der Waals surface area contributed by atoms with E-state index in [1.54, 1.807) is 11.3 Å². The van der Waals surface area contributed by atoms with Gasteiger partial charge < -0.3 is 5.32 Å². The van der Waals surface area contributed by atoms with Crippen LogP contribution < -0.4 is 5.32 Å². The van der Waals surface area contributed by atoms with Gasteiger partial charge in [0, 0.05) is 16.6 Å². The minimum atomic E-state index is 0.741. The van der Waals surface area contributed by atoms with Crippen molar-refractivity contribution >= 4 is 17.0 Å². The number of nitrogens with one attached hydrogen (secondary N) is 1. The van der Waals surface area contributed by atoms with E-state index in [4.69, 9.17) is 0 Å². The Kier molecular flexibility index (Phi) is 3.69. The van der Waals surface area contributed by atoms with Crippen LogP contribution in [0.15, 0.2) is 48.9 Å². The second-order valence-electron chi connectivity index (χ2n) is 4.36. The highest BCUT2D eigenvalue weighted by Crippen LogP contribution is 2.16. The number of rotatable bonds is 4. The van der Waals surface area contributed by atoms with Gasteiger partial charge in [-0.2, -0.15) is 0 Å². The van der Waals surface area contributed by atoms with E-state index in [1.165, 1.54) is 4.88 Å². The van der Waals surface area contributed by atoms with E-state index < -0.39 is 0 Å². The average molecular weight is 282 g/mol. The Bertz CT molecular complexity index is 677. The number of hydrogen-bond acceptors (Lipinski definition) is 5. The molecule has 2 aromatic heterocycles. The van der Waals surface area contributed by atoms with Gasteiger partial charge in [-0.15, -0.1) is 11.3 Å². The molecule has 0 aliphatic heterocycles. The Balaban J connectivity index is 1.67. The first-order valence-corrected chi connectivity index (χ1v) is 7.15. The highest BCUT2D eigenvalue weighted by Gasteiger charge is 2.01. The van der Waals surface area contributed by atoms with Gasteiger partial charge in [0.2, 0.25) is 0 Å². The van der Waals surface area contributed by atoms with Crippen LogP contribution in [0, 0.1) is 6.92 Å². The summed E-state index contributed by atoms with van der Waals surface area (Å²) in [6.45, 7) is 2.76. The van der Waals surface area contributed by atoms with E-state index in [-0.39, 0.29) is 0 Å². The van der Waals surface area contributed by atoms with Crippen LogP contribution in [0.25, 0.3) is 11.4 Å². The molecule has 0 saturated heterocycles. The third-order valence-corrected chi connectivity index (χ3v) is 3.73. The zero-order valence-electron chi connectivity index (χ0n) is 11.1. The van der Waals surface area contributed by atoms with Crippen LogP contribution in [0.5, 0.6) is 0 Å². The molecule has 5 heteroatoms. The van der Waals surface area contributed by atoms with Crippen molar-refractivity contribution in [2.24, 2.45) is 0 Å². The molecular formula is C15H14N4S. The van der Waals surface area contributed by atoms with Gasteiger partial charge in [-0.05, 0) is 6.92 Å². The highest BCUT2D eigenvalue weighted by atomic mass is 32.1. The van der Waals surface area contributed by atoms with E-state index in [0.717, 1.165) is 28.6 Å². The SMILES string of the molecule is Cc1ncc(CNc2cnc(-c3ccccc3)nc2)s1. The fourth-order valence-electron chi connectivity index (χ4n) is 1.83. The first-order valence-electron chi connectivity index (χ1n) is 6.34. The van der Waals surface area contributed by atoms with Gasteiger partial charge in [-0.3, -0.25) is 0 Å². The van der Waals surface area contributed by atoms with Crippen molar-refractivity contribution in [1.29, 1.82) is 0 Å². The standard InChI is InChI=1S/C15H14N4S/c1-11-16-9-14(20-11)10-17-13-7-18-15(19-8-13)12-5-3-2-4-6-12/h2-9,17H,10H2,1H3. The van der Waals surface area contributed by atoms with Crippen molar-refractivity contribution in [3.05, 3.63) is 58.8 Å². The Labute approximate surface area is 121 Å². The fourth-order valence-corrected chi connectivity index (χ4v) is 2.57. The number of hydrogen-bond donors (Lipinski definition) is 1. The molecule has 0 spiro atoms. The summed E-state index contributed by atoms with van der Waals surface area (Å²) in [5.74, 6) is 0.741. The topological polar surface area (TPSA) is 50.7 Å². The molecule has 0 fully saturated rings. The molecule has 2 heterocycles. The van der Waals surface area contributed by atoms with Gasteiger partial charge in [0.1, 0.15) is 0 Å². The molecule has 1 N–H and O–H groups in total. The van der Waals surface area contributed by atoms with Gasteiger partial charge >= 0.3 is 0 Å². The molecule has 4 nitrogen and oxygen atoms in total. The van der Waals surface area contributed by atoms with Crippen molar-refractivity contribution in [2.45, 2.75) is 13.5 Å². The van der Waals surface area contributed by atoms with Gasteiger partial charge in [-0.25, -0.2) is 15.0 Å². The number of aromatic nitrogens is 3. The summed E-state index contributed by atoms with van der Waals surface area (Å²) in [6, 6.07) is 9.95. The summed E-state index contributed by atoms with van der Waals surface area (Å²) < 4.78 is 0. The van der Waals surface area contributed by atoms with E-state index in [0.29, 0.717) is 0 Å². The Morgan fingerprint density at radius 3 is 2.40 bits per heavy atom. The largest absolute Gasteiger partial charge is 0.378 e. The van der Waals surface area contributed by atoms with Crippen LogP contribution in [-0.4, -0.2) is 15.0 Å². The predicted octanol–water partition coefficient (Wildman–Crippen LogP) is 3.52. The highest BCUT2D eigenvalue weighted by molar-refractivity contribution is 7.11. The zero-order valence-corrected chi connectivity index (χ0v) is 11.9. The van der Waals surface area contributed by atoms with Crippen LogP contribution in [0.3, 0.4) is 0 Å². The number of thiazole rings is 1. The van der Waals surface area contributed by atoms with Gasteiger partial charge in [0.25, 0.3) is 0 Å². The Morgan fingerprint density at radius 1 is 1.00 bits per heavy atom. The zero-order chi connectivity index (χ0) is 13.8. The average Bonchev–Trinajstić information content (AvgIpc) is 2.92. The lowest BCUT2D eigenvalue weighted by molar-refractivity contribution is 1.12. The molecule has 0 atom stereocenters. The smallest absolute Gasteiger partial charge is 0.159 e. The summed E-state index contributed by atoms with van der Waals surface area (Å²) in [5, 5.41) is 4.38. The maximum absolute atomic E-state index is 4.38. The summed E-state index contributed by atoms with van der Waals surface area (Å²) in [4.78, 5) is 14.2. The first kappa shape index (κ1) is 12.7. The molecule has 0 aliphatic carbocycles. The number of nitrogens with zero attached hydrogens (tertiary/aromatic N) is 3. The second-order valence-corrected chi connectivity index (χ2v) is 5.68. The Morgan fingerprint density at radius 2 is 1.75 bits per heavy atom. The van der Waals surface area contributed by atoms with Crippen molar-refractivity contribution in [2.75, 3.05) is 5.32 Å².